The fourth-order valence-corrected chi connectivity index (χ4v) is 7.17. The van der Waals surface area contributed by atoms with Crippen LogP contribution in [0.15, 0.2) is 15.9 Å². The van der Waals surface area contributed by atoms with Crippen molar-refractivity contribution >= 4 is 34.2 Å². The van der Waals surface area contributed by atoms with Gasteiger partial charge in [0.2, 0.25) is 0 Å². The summed E-state index contributed by atoms with van der Waals surface area (Å²) in [5, 5.41) is 6.65. The zero-order chi connectivity index (χ0) is 19.1. The van der Waals surface area contributed by atoms with E-state index in [9.17, 15) is 4.79 Å². The highest BCUT2D eigenvalue weighted by atomic mass is 32.2. The number of aromatic nitrogens is 1. The van der Waals surface area contributed by atoms with Crippen LogP contribution in [-0.2, 0) is 4.74 Å². The Kier molecular flexibility index (Phi) is 5.13. The van der Waals surface area contributed by atoms with E-state index in [2.05, 4.69) is 22.2 Å². The number of aliphatic imine (C=N–C) groups is 1. The minimum Gasteiger partial charge on any atom is -0.362 e. The van der Waals surface area contributed by atoms with Crippen molar-refractivity contribution in [3.63, 3.8) is 0 Å². The molecule has 2 aliphatic carbocycles. The highest BCUT2D eigenvalue weighted by molar-refractivity contribution is 8.14. The number of hydrogen-bond donors (Lipinski definition) is 1. The highest BCUT2D eigenvalue weighted by Gasteiger charge is 2.44. The van der Waals surface area contributed by atoms with Gasteiger partial charge in [0, 0.05) is 30.4 Å². The summed E-state index contributed by atoms with van der Waals surface area (Å²) in [7, 11) is 0. The summed E-state index contributed by atoms with van der Waals surface area (Å²) in [5.74, 6) is 2.24. The van der Waals surface area contributed by atoms with Gasteiger partial charge in [-0.3, -0.25) is 4.79 Å². The standard InChI is InChI=1S/C20H28N4O2S2/c1-20(15-4-6-24(7-5-15)18(25)17-10-27-12-22-17)26-11-21-19(28-20)23-16-9-13-2-3-14(16)8-13/h10,12-16H,2-9,11H2,1H3,(H,21,23)/t13-,14+,16+,20?/m1/s1. The normalized spacial score (nSPS) is 35.8. The van der Waals surface area contributed by atoms with Crippen molar-refractivity contribution in [2.75, 3.05) is 19.8 Å². The maximum Gasteiger partial charge on any atom is 0.273 e. The number of piperidine rings is 1. The van der Waals surface area contributed by atoms with E-state index in [1.165, 1.54) is 37.0 Å². The molecule has 1 aromatic heterocycles. The van der Waals surface area contributed by atoms with Crippen LogP contribution in [0.5, 0.6) is 0 Å². The number of amides is 1. The Morgan fingerprint density at radius 1 is 1.29 bits per heavy atom. The number of rotatable bonds is 3. The molecule has 0 aromatic carbocycles. The summed E-state index contributed by atoms with van der Waals surface area (Å²) < 4.78 is 6.15. The van der Waals surface area contributed by atoms with Gasteiger partial charge in [0.1, 0.15) is 17.4 Å². The van der Waals surface area contributed by atoms with E-state index < -0.39 is 0 Å². The maximum atomic E-state index is 12.5. The lowest BCUT2D eigenvalue weighted by atomic mass is 9.91. The van der Waals surface area contributed by atoms with Crippen LogP contribution in [0, 0.1) is 17.8 Å². The SMILES string of the molecule is CC1(C2CCN(C(=O)c3cscn3)CC2)OCN=C(N[C@H]2C[C@@H]3CC[C@H]2C3)S1. The molecule has 152 valence electrons. The van der Waals surface area contributed by atoms with E-state index in [1.807, 2.05) is 10.3 Å². The molecule has 8 heteroatoms. The highest BCUT2D eigenvalue weighted by Crippen LogP contribution is 2.46. The Bertz CT molecular complexity index is 747. The number of thioether (sulfide) groups is 1. The van der Waals surface area contributed by atoms with Crippen molar-refractivity contribution < 1.29 is 9.53 Å². The number of carbonyl (C=O) groups is 1. The fraction of sp³-hybridized carbons (Fsp3) is 0.750. The van der Waals surface area contributed by atoms with Crippen LogP contribution < -0.4 is 5.32 Å². The van der Waals surface area contributed by atoms with E-state index >= 15 is 0 Å². The number of nitrogens with one attached hydrogen (secondary N) is 1. The Hall–Kier alpha value is -1.12. The first-order valence-electron chi connectivity index (χ1n) is 10.4. The first-order valence-corrected chi connectivity index (χ1v) is 12.2. The quantitative estimate of drug-likeness (QED) is 0.810. The van der Waals surface area contributed by atoms with Crippen LogP contribution in [0.1, 0.15) is 55.9 Å². The van der Waals surface area contributed by atoms with Gasteiger partial charge in [-0.15, -0.1) is 11.3 Å². The lowest BCUT2D eigenvalue weighted by molar-refractivity contribution is -0.0201. The van der Waals surface area contributed by atoms with Gasteiger partial charge in [-0.2, -0.15) is 0 Å². The van der Waals surface area contributed by atoms with Crippen LogP contribution in [0.25, 0.3) is 0 Å². The minimum absolute atomic E-state index is 0.0577. The molecule has 2 saturated carbocycles. The third-order valence-corrected chi connectivity index (χ3v) is 8.96. The number of fused-ring (bicyclic) bond motifs is 2. The number of thiazole rings is 1. The number of nitrogens with zero attached hydrogens (tertiary/aromatic N) is 3. The second kappa shape index (κ2) is 7.61. The molecule has 0 spiro atoms. The Balaban J connectivity index is 1.17. The van der Waals surface area contributed by atoms with Crippen molar-refractivity contribution in [2.45, 2.75) is 56.4 Å². The molecular formula is C20H28N4O2S2. The number of ether oxygens (including phenoxy) is 1. The van der Waals surface area contributed by atoms with Crippen LogP contribution in [0.4, 0.5) is 0 Å². The molecule has 1 unspecified atom stereocenters. The summed E-state index contributed by atoms with van der Waals surface area (Å²) >= 11 is 3.23. The molecule has 6 nitrogen and oxygen atoms in total. The third kappa shape index (κ3) is 3.59. The average Bonchev–Trinajstić information content (AvgIpc) is 3.46. The van der Waals surface area contributed by atoms with Gasteiger partial charge in [-0.1, -0.05) is 18.2 Å². The lowest BCUT2D eigenvalue weighted by Crippen LogP contribution is -2.49. The number of hydrogen-bond acceptors (Lipinski definition) is 7. The molecule has 3 heterocycles. The van der Waals surface area contributed by atoms with Crippen LogP contribution in [-0.4, -0.2) is 51.8 Å². The second-order valence-electron chi connectivity index (χ2n) is 8.72. The van der Waals surface area contributed by atoms with E-state index in [0.29, 0.717) is 24.4 Å². The fourth-order valence-electron chi connectivity index (χ4n) is 5.42. The molecule has 3 fully saturated rings. The smallest absolute Gasteiger partial charge is 0.273 e. The zero-order valence-electron chi connectivity index (χ0n) is 16.3. The van der Waals surface area contributed by atoms with E-state index in [1.54, 1.807) is 17.3 Å². The van der Waals surface area contributed by atoms with Gasteiger partial charge in [-0.25, -0.2) is 9.98 Å². The Morgan fingerprint density at radius 3 is 2.82 bits per heavy atom. The predicted octanol–water partition coefficient (Wildman–Crippen LogP) is 3.57. The molecule has 1 aromatic rings. The average molecular weight is 421 g/mol. The Morgan fingerprint density at radius 2 is 2.14 bits per heavy atom. The molecule has 0 radical (unpaired) electrons. The van der Waals surface area contributed by atoms with Crippen molar-refractivity contribution in [3.05, 3.63) is 16.6 Å². The van der Waals surface area contributed by atoms with Gasteiger partial charge in [0.05, 0.1) is 5.51 Å². The largest absolute Gasteiger partial charge is 0.362 e. The molecule has 2 aliphatic heterocycles. The predicted molar refractivity (Wildman–Crippen MR) is 112 cm³/mol. The van der Waals surface area contributed by atoms with Crippen LogP contribution >= 0.6 is 23.1 Å². The van der Waals surface area contributed by atoms with Crippen molar-refractivity contribution in [1.82, 2.24) is 15.2 Å². The van der Waals surface area contributed by atoms with Crippen molar-refractivity contribution in [2.24, 2.45) is 22.7 Å². The summed E-state index contributed by atoms with van der Waals surface area (Å²) in [5.41, 5.74) is 2.29. The zero-order valence-corrected chi connectivity index (χ0v) is 17.9. The van der Waals surface area contributed by atoms with Crippen LogP contribution in [0.3, 0.4) is 0 Å². The maximum absolute atomic E-state index is 12.5. The Labute approximate surface area is 174 Å². The summed E-state index contributed by atoms with van der Waals surface area (Å²) in [6, 6.07) is 0.602. The third-order valence-electron chi connectivity index (χ3n) is 7.08. The van der Waals surface area contributed by atoms with Crippen LogP contribution in [0.2, 0.25) is 0 Å². The first-order chi connectivity index (χ1) is 13.6. The lowest BCUT2D eigenvalue weighted by Gasteiger charge is -2.43. The second-order valence-corrected chi connectivity index (χ2v) is 10.8. The van der Waals surface area contributed by atoms with E-state index in [4.69, 9.17) is 4.74 Å². The number of amidine groups is 1. The molecule has 1 saturated heterocycles. The minimum atomic E-state index is -0.266. The molecule has 28 heavy (non-hydrogen) atoms. The van der Waals surface area contributed by atoms with Gasteiger partial charge < -0.3 is 15.0 Å². The van der Waals surface area contributed by atoms with Gasteiger partial charge >= 0.3 is 0 Å². The van der Waals surface area contributed by atoms with E-state index in [-0.39, 0.29) is 10.8 Å². The number of carbonyl (C=O) groups excluding carboxylic acids is 1. The summed E-state index contributed by atoms with van der Waals surface area (Å²) in [4.78, 5) is 23.0. The molecule has 4 atom stereocenters. The molecule has 4 aliphatic rings. The van der Waals surface area contributed by atoms with Gasteiger partial charge in [-0.05, 0) is 50.9 Å². The topological polar surface area (TPSA) is 66.8 Å². The first kappa shape index (κ1) is 18.9. The summed E-state index contributed by atoms with van der Waals surface area (Å²) in [6.45, 7) is 4.18. The summed E-state index contributed by atoms with van der Waals surface area (Å²) in [6.07, 6.45) is 7.41. The van der Waals surface area contributed by atoms with Gasteiger partial charge in [0.15, 0.2) is 5.17 Å². The molecule has 5 rings (SSSR count). The molecular weight excluding hydrogens is 392 g/mol. The molecule has 1 N–H and O–H groups in total. The number of likely N-dealkylation sites (tertiary alicyclic amines) is 1. The van der Waals surface area contributed by atoms with Gasteiger partial charge in [0.25, 0.3) is 5.91 Å². The molecule has 2 bridgehead atoms. The molecule has 1 amide bonds. The van der Waals surface area contributed by atoms with Crippen molar-refractivity contribution in [1.29, 1.82) is 0 Å². The van der Waals surface area contributed by atoms with Crippen molar-refractivity contribution in [3.8, 4) is 0 Å². The monoisotopic (exact) mass is 420 g/mol. The van der Waals surface area contributed by atoms with E-state index in [0.717, 1.165) is 42.9 Å².